The van der Waals surface area contributed by atoms with E-state index in [2.05, 4.69) is 95.3 Å². The van der Waals surface area contributed by atoms with E-state index in [1.807, 2.05) is 45.2 Å². The van der Waals surface area contributed by atoms with E-state index in [-0.39, 0.29) is 48.9 Å². The summed E-state index contributed by atoms with van der Waals surface area (Å²) < 4.78 is 2.66. The molecule has 0 unspecified atom stereocenters. The smallest absolute Gasteiger partial charge is 0.162 e. The Kier molecular flexibility index (Phi) is 14.0. The topological polar surface area (TPSA) is 50.2 Å². The Morgan fingerprint density at radius 1 is 0.872 bits per heavy atom. The number of fused-ring (bicyclic) bond motifs is 4. The molecular formula is C42H52IrNO2S-. The zero-order valence-electron chi connectivity index (χ0n) is 29.7. The molecule has 0 aliphatic rings. The Labute approximate surface area is 300 Å². The average Bonchev–Trinajstić information content (AvgIpc) is 3.41. The van der Waals surface area contributed by atoms with Crippen molar-refractivity contribution in [2.45, 2.75) is 99.8 Å². The van der Waals surface area contributed by atoms with Gasteiger partial charge in [-0.15, -0.1) is 40.5 Å². The fourth-order valence-electron chi connectivity index (χ4n) is 6.33. The summed E-state index contributed by atoms with van der Waals surface area (Å²) in [5, 5.41) is 14.8. The largest absolute Gasteiger partial charge is 0.512 e. The number of carbonyl (C=O) groups is 1. The predicted octanol–water partition coefficient (Wildman–Crippen LogP) is 12.4. The molecule has 0 amide bonds. The minimum Gasteiger partial charge on any atom is -0.512 e. The minimum atomic E-state index is 0. The van der Waals surface area contributed by atoms with Gasteiger partial charge in [0.05, 0.1) is 5.76 Å². The van der Waals surface area contributed by atoms with Gasteiger partial charge in [-0.05, 0) is 60.5 Å². The van der Waals surface area contributed by atoms with E-state index in [1.54, 1.807) is 0 Å². The van der Waals surface area contributed by atoms with Crippen LogP contribution in [0.25, 0.3) is 42.2 Å². The third-order valence-electron chi connectivity index (χ3n) is 9.04. The van der Waals surface area contributed by atoms with Crippen molar-refractivity contribution in [2.75, 3.05) is 0 Å². The second-order valence-corrected chi connectivity index (χ2v) is 14.9. The molecule has 0 bridgehead atoms. The number of carbonyl (C=O) groups excluding carboxylic acids is 1. The average molecular weight is 827 g/mol. The Hall–Kier alpha value is -2.85. The van der Waals surface area contributed by atoms with Crippen LogP contribution in [0.4, 0.5) is 0 Å². The van der Waals surface area contributed by atoms with Gasteiger partial charge in [-0.1, -0.05) is 110 Å². The molecule has 3 nitrogen and oxygen atoms in total. The molecule has 0 aliphatic heterocycles. The first kappa shape index (κ1) is 38.6. The second-order valence-electron chi connectivity index (χ2n) is 13.9. The van der Waals surface area contributed by atoms with Crippen molar-refractivity contribution in [2.24, 2.45) is 17.8 Å². The van der Waals surface area contributed by atoms with Crippen LogP contribution in [0.3, 0.4) is 0 Å². The predicted molar refractivity (Wildman–Crippen MR) is 200 cm³/mol. The minimum absolute atomic E-state index is 0. The molecule has 0 saturated heterocycles. The number of nitrogens with zero attached hydrogens (tertiary/aromatic N) is 1. The Morgan fingerprint density at radius 3 is 2.11 bits per heavy atom. The van der Waals surface area contributed by atoms with E-state index in [4.69, 9.17) is 4.98 Å². The van der Waals surface area contributed by atoms with Gasteiger partial charge in [-0.3, -0.25) is 9.78 Å². The Balaban J connectivity index is 0.000000322. The van der Waals surface area contributed by atoms with E-state index < -0.39 is 0 Å². The van der Waals surface area contributed by atoms with Crippen molar-refractivity contribution in [3.05, 3.63) is 89.8 Å². The molecule has 1 N–H and O–H groups in total. The number of allylic oxidation sites excluding steroid dienone is 2. The van der Waals surface area contributed by atoms with Crippen molar-refractivity contribution >= 4 is 48.1 Å². The molecule has 1 radical (unpaired) electrons. The fraction of sp³-hybridized carbons (Fsp3) is 0.429. The maximum atomic E-state index is 11.7. The van der Waals surface area contributed by atoms with E-state index in [0.29, 0.717) is 5.92 Å². The number of hydrogen-bond donors (Lipinski definition) is 1. The van der Waals surface area contributed by atoms with Crippen LogP contribution >= 0.6 is 11.3 Å². The van der Waals surface area contributed by atoms with Gasteiger partial charge in [0.2, 0.25) is 0 Å². The van der Waals surface area contributed by atoms with Crippen LogP contribution in [0, 0.1) is 23.8 Å². The summed E-state index contributed by atoms with van der Waals surface area (Å²) in [4.78, 5) is 16.6. The van der Waals surface area contributed by atoms with Gasteiger partial charge in [0.1, 0.15) is 0 Å². The first-order valence-corrected chi connectivity index (χ1v) is 17.9. The third-order valence-corrected chi connectivity index (χ3v) is 10.3. The summed E-state index contributed by atoms with van der Waals surface area (Å²) >= 11 is 1.89. The van der Waals surface area contributed by atoms with Gasteiger partial charge >= 0.3 is 0 Å². The van der Waals surface area contributed by atoms with Crippen LogP contribution in [-0.4, -0.2) is 15.9 Å². The molecule has 3 aromatic carbocycles. The van der Waals surface area contributed by atoms with Crippen molar-refractivity contribution in [1.82, 2.24) is 4.98 Å². The Morgan fingerprint density at radius 2 is 1.49 bits per heavy atom. The molecule has 0 atom stereocenters. The van der Waals surface area contributed by atoms with Crippen LogP contribution in [-0.2, 0) is 36.7 Å². The summed E-state index contributed by atoms with van der Waals surface area (Å²) in [5.74, 6) is 1.18. The number of aliphatic hydroxyl groups is 1. The maximum Gasteiger partial charge on any atom is 0.162 e. The van der Waals surface area contributed by atoms with E-state index in [0.717, 1.165) is 48.7 Å². The monoisotopic (exact) mass is 827 g/mol. The molecule has 0 spiro atoms. The van der Waals surface area contributed by atoms with E-state index in [9.17, 15) is 9.90 Å². The molecule has 2 heterocycles. The van der Waals surface area contributed by atoms with Gasteiger partial charge < -0.3 is 5.11 Å². The molecule has 0 saturated carbocycles. The van der Waals surface area contributed by atoms with Crippen LogP contribution in [0.15, 0.2) is 72.6 Å². The van der Waals surface area contributed by atoms with Gasteiger partial charge in [0.25, 0.3) is 0 Å². The number of aliphatic hydroxyl groups excluding tert-OH is 1. The standard InChI is InChI=1S/C29H28NS.C13H24O2.Ir/c1-18(2)15-20-10-8-12-23-24-13-14-30-26(28(24)31-27(20)23)21-16-19-9-6-7-11-22(19)25(17-21)29(3,4)5;1-5-10(6-2)12(14)9-13(15)11(7-3)8-4;/h6-14,17-18H,15H2,1-5H3;9-11,14H,5-8H2,1-4H3;/q-1;;/b;12-9-;. The molecule has 5 aromatic rings. The Bertz CT molecular complexity index is 1820. The number of ketones is 1. The first-order chi connectivity index (χ1) is 21.9. The quantitative estimate of drug-likeness (QED) is 0.0867. The number of aromatic nitrogens is 1. The van der Waals surface area contributed by atoms with Gasteiger partial charge in [-0.2, -0.15) is 0 Å². The van der Waals surface area contributed by atoms with E-state index >= 15 is 0 Å². The summed E-state index contributed by atoms with van der Waals surface area (Å²) in [6.45, 7) is 19.5. The normalized spacial score (nSPS) is 12.2. The van der Waals surface area contributed by atoms with Crippen LogP contribution < -0.4 is 0 Å². The second kappa shape index (κ2) is 17.0. The van der Waals surface area contributed by atoms with Crippen LogP contribution in [0.5, 0.6) is 0 Å². The van der Waals surface area contributed by atoms with Gasteiger partial charge in [0.15, 0.2) is 5.78 Å². The van der Waals surface area contributed by atoms with Crippen LogP contribution in [0.2, 0.25) is 0 Å². The first-order valence-electron chi connectivity index (χ1n) is 17.1. The molecular weight excluding hydrogens is 775 g/mol. The molecule has 2 aromatic heterocycles. The number of benzene rings is 3. The molecule has 0 fully saturated rings. The maximum absolute atomic E-state index is 11.7. The molecule has 5 heteroatoms. The van der Waals surface area contributed by atoms with Crippen LogP contribution in [0.1, 0.15) is 99.1 Å². The number of rotatable bonds is 10. The molecule has 0 aliphatic carbocycles. The summed E-state index contributed by atoms with van der Waals surface area (Å²) in [7, 11) is 0. The molecule has 5 rings (SSSR count). The third kappa shape index (κ3) is 8.99. The molecule has 47 heavy (non-hydrogen) atoms. The van der Waals surface area contributed by atoms with E-state index in [1.165, 1.54) is 42.8 Å². The van der Waals surface area contributed by atoms with Crippen molar-refractivity contribution < 1.29 is 30.0 Å². The van der Waals surface area contributed by atoms with Crippen molar-refractivity contribution in [3.8, 4) is 11.3 Å². The SMILES string of the molecule is CC(C)Cc1cccc2c1sc1c(-c3[c-]c4ccccc4c(C(C)(C)C)c3)nccc12.CCC(CC)C(=O)/C=C(\O)C(CC)CC.[Ir]. The summed E-state index contributed by atoms with van der Waals surface area (Å²) in [6.07, 6.45) is 7.96. The number of hydrogen-bond acceptors (Lipinski definition) is 4. The summed E-state index contributed by atoms with van der Waals surface area (Å²) in [5.41, 5.74) is 4.97. The summed E-state index contributed by atoms with van der Waals surface area (Å²) in [6, 6.07) is 23.5. The number of pyridine rings is 1. The van der Waals surface area contributed by atoms with Gasteiger partial charge in [0, 0.05) is 64.7 Å². The zero-order valence-corrected chi connectivity index (χ0v) is 32.9. The van der Waals surface area contributed by atoms with Crippen molar-refractivity contribution in [3.63, 3.8) is 0 Å². The zero-order chi connectivity index (χ0) is 33.6. The molecule has 253 valence electrons. The fourth-order valence-corrected chi connectivity index (χ4v) is 7.66. The van der Waals surface area contributed by atoms with Gasteiger partial charge in [-0.25, -0.2) is 0 Å². The number of thiophene rings is 1. The van der Waals surface area contributed by atoms with Crippen molar-refractivity contribution in [1.29, 1.82) is 0 Å².